The number of unbranched alkanes of at least 4 members (excludes halogenated alkanes) is 1. The van der Waals surface area contributed by atoms with E-state index in [0.717, 1.165) is 30.5 Å². The molecule has 3 nitrogen and oxygen atoms in total. The molecule has 2 aromatic heterocycles. The molecule has 0 radical (unpaired) electrons. The van der Waals surface area contributed by atoms with Gasteiger partial charge in [0.2, 0.25) is 0 Å². The third-order valence-electron chi connectivity index (χ3n) is 10.1. The van der Waals surface area contributed by atoms with Crippen LogP contribution in [0.4, 0.5) is 17.1 Å². The highest BCUT2D eigenvalue weighted by molar-refractivity contribution is 7.00. The molecule has 0 bridgehead atoms. The molecule has 2 aliphatic heterocycles. The van der Waals surface area contributed by atoms with Gasteiger partial charge in [0.05, 0.1) is 16.7 Å². The van der Waals surface area contributed by atoms with E-state index >= 15 is 0 Å². The fourth-order valence-electron chi connectivity index (χ4n) is 8.28. The third kappa shape index (κ3) is 3.29. The standard InChI is InChI=1S/C41H30BN3/c1-2-3-22-34-28-17-8-7-16-27(28)31-25-37-38-41(39(31)43-34)44(26-14-5-4-6-15-26)36-24-12-10-20-32(36)42(38)33-21-13-19-30-29-18-9-11-23-35(29)45(37)40(30)33/h4-21,23-25H,2-3,22H2,1H3. The third-order valence-corrected chi connectivity index (χ3v) is 10.1. The molecule has 8 aromatic rings. The second-order valence-corrected chi connectivity index (χ2v) is 12.5. The average molecular weight is 576 g/mol. The molecule has 45 heavy (non-hydrogen) atoms. The Morgan fingerprint density at radius 3 is 2.20 bits per heavy atom. The van der Waals surface area contributed by atoms with Crippen LogP contribution in [0.1, 0.15) is 25.5 Å². The quantitative estimate of drug-likeness (QED) is 0.155. The van der Waals surface area contributed by atoms with Crippen molar-refractivity contribution in [2.75, 3.05) is 4.90 Å². The molecule has 6 aromatic carbocycles. The van der Waals surface area contributed by atoms with Crippen molar-refractivity contribution in [2.45, 2.75) is 26.2 Å². The van der Waals surface area contributed by atoms with Gasteiger partial charge in [-0.05, 0) is 64.9 Å². The monoisotopic (exact) mass is 575 g/mol. The first-order valence-corrected chi connectivity index (χ1v) is 16.2. The van der Waals surface area contributed by atoms with Crippen LogP contribution in [0.15, 0.2) is 127 Å². The van der Waals surface area contributed by atoms with Crippen molar-refractivity contribution in [1.82, 2.24) is 9.55 Å². The summed E-state index contributed by atoms with van der Waals surface area (Å²) in [5.41, 5.74) is 13.8. The van der Waals surface area contributed by atoms with Crippen LogP contribution in [0.25, 0.3) is 49.2 Å². The number of hydrogen-bond donors (Lipinski definition) is 0. The maximum atomic E-state index is 5.64. The number of aromatic nitrogens is 2. The maximum absolute atomic E-state index is 5.64. The van der Waals surface area contributed by atoms with E-state index in [-0.39, 0.29) is 6.71 Å². The van der Waals surface area contributed by atoms with Crippen molar-refractivity contribution < 1.29 is 0 Å². The number of fused-ring (bicyclic) bond motifs is 11. The Balaban J connectivity index is 1.47. The van der Waals surface area contributed by atoms with Gasteiger partial charge in [-0.3, -0.25) is 0 Å². The summed E-state index contributed by atoms with van der Waals surface area (Å²) in [4.78, 5) is 8.14. The molecule has 0 spiro atoms. The first-order valence-electron chi connectivity index (χ1n) is 16.2. The zero-order valence-corrected chi connectivity index (χ0v) is 25.2. The molecule has 2 aliphatic rings. The van der Waals surface area contributed by atoms with Crippen LogP contribution in [0.3, 0.4) is 0 Å². The number of nitrogens with zero attached hydrogens (tertiary/aromatic N) is 3. The number of pyridine rings is 1. The Labute approximate surface area is 262 Å². The highest BCUT2D eigenvalue weighted by Crippen LogP contribution is 2.45. The summed E-state index contributed by atoms with van der Waals surface area (Å²) >= 11 is 0. The minimum Gasteiger partial charge on any atom is -0.310 e. The van der Waals surface area contributed by atoms with Crippen molar-refractivity contribution >= 4 is 83.6 Å². The van der Waals surface area contributed by atoms with Gasteiger partial charge in [-0.15, -0.1) is 0 Å². The molecule has 0 N–H and O–H groups in total. The summed E-state index contributed by atoms with van der Waals surface area (Å²) in [7, 11) is 0. The summed E-state index contributed by atoms with van der Waals surface area (Å²) in [5.74, 6) is 0. The second-order valence-electron chi connectivity index (χ2n) is 12.5. The fraction of sp³-hybridized carbons (Fsp3) is 0.0976. The molecule has 0 atom stereocenters. The number of aryl methyl sites for hydroxylation is 1. The highest BCUT2D eigenvalue weighted by Gasteiger charge is 2.43. The number of rotatable bonds is 4. The Bertz CT molecular complexity index is 2490. The summed E-state index contributed by atoms with van der Waals surface area (Å²) in [6.45, 7) is 2.37. The normalized spacial score (nSPS) is 13.2. The summed E-state index contributed by atoms with van der Waals surface area (Å²) in [5, 5.41) is 6.37. The van der Waals surface area contributed by atoms with Gasteiger partial charge in [0, 0.05) is 49.8 Å². The van der Waals surface area contributed by atoms with Crippen LogP contribution in [-0.2, 0) is 6.42 Å². The maximum Gasteiger partial charge on any atom is 0.252 e. The van der Waals surface area contributed by atoms with E-state index in [4.69, 9.17) is 4.98 Å². The lowest BCUT2D eigenvalue weighted by atomic mass is 9.33. The summed E-state index contributed by atoms with van der Waals surface area (Å²) in [6.07, 6.45) is 3.24. The molecule has 212 valence electrons. The molecule has 0 aliphatic carbocycles. The molecule has 0 unspecified atom stereocenters. The number of benzene rings is 6. The number of para-hydroxylation sites is 4. The Hall–Kier alpha value is -5.35. The summed E-state index contributed by atoms with van der Waals surface area (Å²) in [6, 6.07) is 47.1. The smallest absolute Gasteiger partial charge is 0.252 e. The first-order chi connectivity index (χ1) is 22.3. The van der Waals surface area contributed by atoms with Crippen LogP contribution in [0, 0.1) is 0 Å². The van der Waals surface area contributed by atoms with Gasteiger partial charge in [-0.1, -0.05) is 110 Å². The van der Waals surface area contributed by atoms with E-state index in [1.807, 2.05) is 0 Å². The lowest BCUT2D eigenvalue weighted by molar-refractivity contribution is 0.785. The SMILES string of the molecule is CCCCc1nc2c3c4c(cc2c2ccccc12)-n1c2ccccc2c2cccc(c21)B4c1ccccc1N3c1ccccc1. The van der Waals surface area contributed by atoms with Crippen molar-refractivity contribution in [1.29, 1.82) is 0 Å². The topological polar surface area (TPSA) is 21.1 Å². The molecule has 0 saturated carbocycles. The van der Waals surface area contributed by atoms with Crippen molar-refractivity contribution in [3.8, 4) is 5.69 Å². The van der Waals surface area contributed by atoms with Gasteiger partial charge in [-0.25, -0.2) is 4.98 Å². The van der Waals surface area contributed by atoms with E-state index in [1.54, 1.807) is 0 Å². The van der Waals surface area contributed by atoms with E-state index in [9.17, 15) is 0 Å². The molecule has 0 fully saturated rings. The highest BCUT2D eigenvalue weighted by atomic mass is 15.2. The van der Waals surface area contributed by atoms with Crippen molar-refractivity contribution in [2.24, 2.45) is 0 Å². The van der Waals surface area contributed by atoms with Crippen LogP contribution >= 0.6 is 0 Å². The Morgan fingerprint density at radius 1 is 0.622 bits per heavy atom. The zero-order valence-electron chi connectivity index (χ0n) is 25.2. The fourth-order valence-corrected chi connectivity index (χ4v) is 8.28. The molecular weight excluding hydrogens is 545 g/mol. The Morgan fingerprint density at radius 2 is 1.33 bits per heavy atom. The van der Waals surface area contributed by atoms with E-state index in [0.29, 0.717) is 0 Å². The van der Waals surface area contributed by atoms with E-state index < -0.39 is 0 Å². The van der Waals surface area contributed by atoms with Crippen molar-refractivity contribution in [3.05, 3.63) is 133 Å². The Kier molecular flexibility index (Phi) is 5.19. The lowest BCUT2D eigenvalue weighted by Crippen LogP contribution is -2.60. The molecular formula is C41H30BN3. The van der Waals surface area contributed by atoms with Crippen LogP contribution in [0.2, 0.25) is 0 Å². The molecule has 4 heterocycles. The number of hydrogen-bond acceptors (Lipinski definition) is 2. The average Bonchev–Trinajstić information content (AvgIpc) is 3.44. The van der Waals surface area contributed by atoms with Gasteiger partial charge in [0.1, 0.15) is 0 Å². The zero-order chi connectivity index (χ0) is 29.6. The van der Waals surface area contributed by atoms with Gasteiger partial charge >= 0.3 is 0 Å². The van der Waals surface area contributed by atoms with Crippen LogP contribution < -0.4 is 21.3 Å². The largest absolute Gasteiger partial charge is 0.310 e. The summed E-state index contributed by atoms with van der Waals surface area (Å²) < 4.78 is 2.55. The lowest BCUT2D eigenvalue weighted by Gasteiger charge is -2.40. The van der Waals surface area contributed by atoms with E-state index in [1.165, 1.54) is 77.1 Å². The van der Waals surface area contributed by atoms with Gasteiger partial charge < -0.3 is 9.47 Å². The van der Waals surface area contributed by atoms with Crippen LogP contribution in [0.5, 0.6) is 0 Å². The minimum absolute atomic E-state index is 0.100. The van der Waals surface area contributed by atoms with Crippen LogP contribution in [-0.4, -0.2) is 16.3 Å². The number of anilines is 3. The van der Waals surface area contributed by atoms with E-state index in [2.05, 4.69) is 144 Å². The molecule has 0 amide bonds. The van der Waals surface area contributed by atoms with Gasteiger partial charge in [-0.2, -0.15) is 0 Å². The second kappa shape index (κ2) is 9.33. The predicted octanol–water partition coefficient (Wildman–Crippen LogP) is 8.44. The molecule has 0 saturated heterocycles. The minimum atomic E-state index is 0.100. The van der Waals surface area contributed by atoms with Crippen molar-refractivity contribution in [3.63, 3.8) is 0 Å². The first kappa shape index (κ1) is 25.0. The predicted molar refractivity (Wildman–Crippen MR) is 192 cm³/mol. The molecule has 10 rings (SSSR count). The molecule has 4 heteroatoms. The van der Waals surface area contributed by atoms with Gasteiger partial charge in [0.25, 0.3) is 6.71 Å². The van der Waals surface area contributed by atoms with Gasteiger partial charge in [0.15, 0.2) is 0 Å².